The van der Waals surface area contributed by atoms with Gasteiger partial charge in [0.1, 0.15) is 0 Å². The Hall–Kier alpha value is -2.51. The number of nitrogens with two attached hydrogens (primary N) is 1. The molecule has 128 valence electrons. The fourth-order valence-electron chi connectivity index (χ4n) is 1.94. The lowest BCUT2D eigenvalue weighted by Gasteiger charge is -2.12. The van der Waals surface area contributed by atoms with Crippen molar-refractivity contribution in [2.45, 2.75) is 34.1 Å². The number of hydrogen-bond donors (Lipinski definition) is 2. The van der Waals surface area contributed by atoms with Crippen molar-refractivity contribution in [3.8, 4) is 0 Å². The van der Waals surface area contributed by atoms with Gasteiger partial charge in [-0.3, -0.25) is 9.47 Å². The van der Waals surface area contributed by atoms with E-state index < -0.39 is 18.0 Å². The first-order valence-corrected chi connectivity index (χ1v) is 7.36. The van der Waals surface area contributed by atoms with Crippen molar-refractivity contribution in [2.75, 3.05) is 18.6 Å². The van der Waals surface area contributed by atoms with Crippen LogP contribution < -0.4 is 11.2 Å². The number of carbonyl (C=O) groups excluding carboxylic acids is 3. The van der Waals surface area contributed by atoms with Crippen LogP contribution in [0.15, 0.2) is 6.07 Å². The number of esters is 2. The largest absolute Gasteiger partial charge is 0.465 e. The molecular weight excluding hydrogens is 302 g/mol. The lowest BCUT2D eigenvalue weighted by Crippen LogP contribution is -2.31. The molecule has 1 heterocycles. The smallest absolute Gasteiger partial charge is 0.340 e. The number of ether oxygens (including phenoxy) is 2. The monoisotopic (exact) mass is 325 g/mol. The third-order valence-corrected chi connectivity index (χ3v) is 2.94. The molecule has 1 aromatic heterocycles. The maximum atomic E-state index is 11.9. The summed E-state index contributed by atoms with van der Waals surface area (Å²) in [5.74, 6) is -0.780. The van der Waals surface area contributed by atoms with Gasteiger partial charge in [0.2, 0.25) is 0 Å². The minimum atomic E-state index is -0.809. The Morgan fingerprint density at radius 2 is 1.96 bits per heavy atom. The average Bonchev–Trinajstić information content (AvgIpc) is 2.74. The summed E-state index contributed by atoms with van der Waals surface area (Å²) in [6, 6.07) is 0.677. The van der Waals surface area contributed by atoms with E-state index in [0.29, 0.717) is 18.0 Å². The molecule has 8 nitrogen and oxygen atoms in total. The van der Waals surface area contributed by atoms with E-state index >= 15 is 0 Å². The summed E-state index contributed by atoms with van der Waals surface area (Å²) in [6.07, 6.45) is -0.104. The second-order valence-corrected chi connectivity index (χ2v) is 5.42. The van der Waals surface area contributed by atoms with Gasteiger partial charge in [0.15, 0.2) is 0 Å². The van der Waals surface area contributed by atoms with Crippen molar-refractivity contribution in [2.24, 2.45) is 11.7 Å². The fourth-order valence-corrected chi connectivity index (χ4v) is 1.94. The average molecular weight is 325 g/mol. The molecule has 0 fully saturated rings. The Kier molecular flexibility index (Phi) is 6.62. The number of rotatable bonds is 7. The van der Waals surface area contributed by atoms with E-state index in [9.17, 15) is 14.4 Å². The molecule has 0 unspecified atom stereocenters. The van der Waals surface area contributed by atoms with Crippen molar-refractivity contribution in [3.63, 3.8) is 0 Å². The SMILES string of the molecule is CCOC(=O)c1cc(CC(=O)OCC(C)C)n(NC(N)=O)c1C. The van der Waals surface area contributed by atoms with Crippen LogP contribution in [0.2, 0.25) is 0 Å². The van der Waals surface area contributed by atoms with Crippen LogP contribution in [-0.4, -0.2) is 35.9 Å². The van der Waals surface area contributed by atoms with Crippen LogP contribution >= 0.6 is 0 Å². The zero-order chi connectivity index (χ0) is 17.6. The van der Waals surface area contributed by atoms with Crippen molar-refractivity contribution in [1.29, 1.82) is 0 Å². The zero-order valence-corrected chi connectivity index (χ0v) is 13.8. The van der Waals surface area contributed by atoms with Crippen LogP contribution in [0.25, 0.3) is 0 Å². The summed E-state index contributed by atoms with van der Waals surface area (Å²) in [4.78, 5) is 34.9. The van der Waals surface area contributed by atoms with Gasteiger partial charge in [-0.05, 0) is 25.8 Å². The normalized spacial score (nSPS) is 10.5. The van der Waals surface area contributed by atoms with Crippen molar-refractivity contribution >= 4 is 18.0 Å². The van der Waals surface area contributed by atoms with Crippen LogP contribution in [0, 0.1) is 12.8 Å². The van der Waals surface area contributed by atoms with Crippen LogP contribution in [0.1, 0.15) is 42.5 Å². The van der Waals surface area contributed by atoms with Crippen LogP contribution in [0.5, 0.6) is 0 Å². The summed E-state index contributed by atoms with van der Waals surface area (Å²) in [7, 11) is 0. The number of aromatic nitrogens is 1. The van der Waals surface area contributed by atoms with Crippen molar-refractivity contribution in [3.05, 3.63) is 23.0 Å². The Labute approximate surface area is 134 Å². The summed E-state index contributed by atoms with van der Waals surface area (Å²) >= 11 is 0. The molecule has 1 aromatic rings. The molecule has 0 saturated carbocycles. The lowest BCUT2D eigenvalue weighted by atomic mass is 10.2. The van der Waals surface area contributed by atoms with E-state index in [1.165, 1.54) is 10.7 Å². The molecule has 23 heavy (non-hydrogen) atoms. The molecule has 3 N–H and O–H groups in total. The van der Waals surface area contributed by atoms with Crippen LogP contribution in [0.3, 0.4) is 0 Å². The molecule has 0 bridgehead atoms. The van der Waals surface area contributed by atoms with Gasteiger partial charge in [-0.1, -0.05) is 13.8 Å². The molecule has 0 aliphatic heterocycles. The second-order valence-electron chi connectivity index (χ2n) is 5.42. The Bertz CT molecular complexity index is 592. The Morgan fingerprint density at radius 1 is 1.30 bits per heavy atom. The van der Waals surface area contributed by atoms with Gasteiger partial charge < -0.3 is 15.2 Å². The van der Waals surface area contributed by atoms with Crippen molar-refractivity contribution < 1.29 is 23.9 Å². The molecule has 0 atom stereocenters. The number of nitrogens with one attached hydrogen (secondary N) is 1. The van der Waals surface area contributed by atoms with Crippen LogP contribution in [0.4, 0.5) is 4.79 Å². The summed E-state index contributed by atoms with van der Waals surface area (Å²) in [5.41, 5.74) is 8.57. The van der Waals surface area contributed by atoms with Crippen LogP contribution in [-0.2, 0) is 20.7 Å². The second kappa shape index (κ2) is 8.21. The first-order valence-electron chi connectivity index (χ1n) is 7.36. The zero-order valence-electron chi connectivity index (χ0n) is 13.8. The van der Waals surface area contributed by atoms with Gasteiger partial charge in [0.05, 0.1) is 36.6 Å². The highest BCUT2D eigenvalue weighted by atomic mass is 16.5. The van der Waals surface area contributed by atoms with Crippen molar-refractivity contribution in [1.82, 2.24) is 4.68 Å². The molecule has 1 rings (SSSR count). The number of nitrogens with zero attached hydrogens (tertiary/aromatic N) is 1. The van der Waals surface area contributed by atoms with E-state index in [1.807, 2.05) is 13.8 Å². The van der Waals surface area contributed by atoms with E-state index in [4.69, 9.17) is 15.2 Å². The molecule has 0 spiro atoms. The number of amides is 2. The molecule has 0 radical (unpaired) electrons. The summed E-state index contributed by atoms with van der Waals surface area (Å²) in [6.45, 7) is 7.67. The minimum absolute atomic E-state index is 0.104. The topological polar surface area (TPSA) is 113 Å². The Morgan fingerprint density at radius 3 is 2.48 bits per heavy atom. The highest BCUT2D eigenvalue weighted by Crippen LogP contribution is 2.16. The molecular formula is C15H23N3O5. The molecule has 8 heteroatoms. The number of primary amides is 1. The maximum Gasteiger partial charge on any atom is 0.340 e. The third kappa shape index (κ3) is 5.32. The lowest BCUT2D eigenvalue weighted by molar-refractivity contribution is -0.144. The van der Waals surface area contributed by atoms with E-state index in [2.05, 4.69) is 5.43 Å². The van der Waals surface area contributed by atoms with Gasteiger partial charge >= 0.3 is 18.0 Å². The quantitative estimate of drug-likeness (QED) is 0.734. The predicted octanol–water partition coefficient (Wildman–Crippen LogP) is 1.34. The summed E-state index contributed by atoms with van der Waals surface area (Å²) in [5, 5.41) is 0. The predicted molar refractivity (Wildman–Crippen MR) is 83.6 cm³/mol. The molecule has 0 saturated heterocycles. The minimum Gasteiger partial charge on any atom is -0.465 e. The maximum absolute atomic E-state index is 11.9. The van der Waals surface area contributed by atoms with Gasteiger partial charge in [-0.25, -0.2) is 15.0 Å². The molecule has 0 aliphatic rings. The summed E-state index contributed by atoms with van der Waals surface area (Å²) < 4.78 is 11.4. The number of urea groups is 1. The standard InChI is InChI=1S/C15H23N3O5/c1-5-22-14(20)12-6-11(7-13(19)23-8-9(2)3)18(10(12)4)17-15(16)21/h6,9H,5,7-8H2,1-4H3,(H3,16,17,21). The highest BCUT2D eigenvalue weighted by molar-refractivity contribution is 5.92. The third-order valence-electron chi connectivity index (χ3n) is 2.94. The highest BCUT2D eigenvalue weighted by Gasteiger charge is 2.21. The van der Waals surface area contributed by atoms with E-state index in [-0.39, 0.29) is 24.5 Å². The molecule has 2 amide bonds. The Balaban J connectivity index is 3.03. The fraction of sp³-hybridized carbons (Fsp3) is 0.533. The first kappa shape index (κ1) is 18.5. The molecule has 0 aliphatic carbocycles. The van der Waals surface area contributed by atoms with Gasteiger partial charge in [0.25, 0.3) is 0 Å². The molecule has 0 aromatic carbocycles. The first-order chi connectivity index (χ1) is 10.8. The van der Waals surface area contributed by atoms with E-state index in [0.717, 1.165) is 0 Å². The number of carbonyl (C=O) groups is 3. The number of hydrogen-bond acceptors (Lipinski definition) is 5. The van der Waals surface area contributed by atoms with E-state index in [1.54, 1.807) is 13.8 Å². The van der Waals surface area contributed by atoms with Gasteiger partial charge in [-0.2, -0.15) is 0 Å². The van der Waals surface area contributed by atoms with Gasteiger partial charge in [0, 0.05) is 0 Å². The van der Waals surface area contributed by atoms with Gasteiger partial charge in [-0.15, -0.1) is 0 Å².